The maximum Gasteiger partial charge on any atom is 0.225 e. The number of hydrogen-bond acceptors (Lipinski definition) is 3. The number of H-pyrrole nitrogens is 1. The molecule has 0 aliphatic rings. The van der Waals surface area contributed by atoms with Gasteiger partial charge in [-0.2, -0.15) is 11.8 Å². The van der Waals surface area contributed by atoms with E-state index in [1.807, 2.05) is 36.6 Å². The quantitative estimate of drug-likeness (QED) is 0.577. The lowest BCUT2D eigenvalue weighted by molar-refractivity contribution is -0.121. The molecule has 1 unspecified atom stereocenters. The minimum absolute atomic E-state index is 0.0741. The van der Waals surface area contributed by atoms with Crippen LogP contribution in [0.2, 0.25) is 10.0 Å². The average Bonchev–Trinajstić information content (AvgIpc) is 3.05. The maximum absolute atomic E-state index is 12.5. The molecule has 0 bridgehead atoms. The van der Waals surface area contributed by atoms with Crippen LogP contribution >= 0.6 is 35.0 Å². The monoisotopic (exact) mass is 407 g/mol. The minimum Gasteiger partial charge on any atom is -0.346 e. The van der Waals surface area contributed by atoms with E-state index in [4.69, 9.17) is 23.2 Å². The van der Waals surface area contributed by atoms with E-state index in [0.29, 0.717) is 10.0 Å². The first kappa shape index (κ1) is 19.1. The molecule has 7 heteroatoms. The highest BCUT2D eigenvalue weighted by Crippen LogP contribution is 2.23. The summed E-state index contributed by atoms with van der Waals surface area (Å²) in [7, 11) is 0. The molecule has 4 nitrogen and oxygen atoms in total. The molecular formula is C19H19Cl2N3OS. The lowest BCUT2D eigenvalue weighted by atomic mass is 10.1. The van der Waals surface area contributed by atoms with E-state index in [0.717, 1.165) is 34.6 Å². The Morgan fingerprint density at radius 1 is 1.23 bits per heavy atom. The van der Waals surface area contributed by atoms with Crippen molar-refractivity contribution in [3.8, 4) is 0 Å². The molecule has 3 rings (SSSR count). The van der Waals surface area contributed by atoms with Gasteiger partial charge in [0, 0.05) is 0 Å². The Balaban J connectivity index is 1.74. The third-order valence-electron chi connectivity index (χ3n) is 4.03. The number of carbonyl (C=O) groups excluding carboxylic acids is 1. The van der Waals surface area contributed by atoms with Crippen molar-refractivity contribution in [2.45, 2.75) is 18.9 Å². The zero-order valence-corrected chi connectivity index (χ0v) is 16.6. The van der Waals surface area contributed by atoms with Crippen LogP contribution in [0, 0.1) is 0 Å². The molecule has 1 amide bonds. The summed E-state index contributed by atoms with van der Waals surface area (Å²) in [6.45, 7) is 0. The number of amides is 1. The average molecular weight is 408 g/mol. The van der Waals surface area contributed by atoms with Gasteiger partial charge >= 0.3 is 0 Å². The van der Waals surface area contributed by atoms with E-state index >= 15 is 0 Å². The number of hydrogen-bond donors (Lipinski definition) is 2. The Hall–Kier alpha value is -1.69. The number of benzene rings is 2. The van der Waals surface area contributed by atoms with E-state index < -0.39 is 0 Å². The van der Waals surface area contributed by atoms with Crippen LogP contribution in [-0.2, 0) is 11.2 Å². The summed E-state index contributed by atoms with van der Waals surface area (Å²) < 4.78 is 0. The van der Waals surface area contributed by atoms with E-state index in [1.165, 1.54) is 0 Å². The number of fused-ring (bicyclic) bond motifs is 1. The second-order valence-corrected chi connectivity index (χ2v) is 7.77. The molecule has 1 aromatic heterocycles. The lowest BCUT2D eigenvalue weighted by Gasteiger charge is -2.16. The first-order valence-electron chi connectivity index (χ1n) is 8.23. The summed E-state index contributed by atoms with van der Waals surface area (Å²) in [6, 6.07) is 12.9. The predicted molar refractivity (Wildman–Crippen MR) is 110 cm³/mol. The van der Waals surface area contributed by atoms with E-state index in [-0.39, 0.29) is 18.4 Å². The molecular weight excluding hydrogens is 389 g/mol. The number of nitrogens with one attached hydrogen (secondary N) is 2. The number of aromatic amines is 1. The zero-order valence-electron chi connectivity index (χ0n) is 14.3. The van der Waals surface area contributed by atoms with Crippen molar-refractivity contribution in [2.24, 2.45) is 0 Å². The molecule has 0 saturated carbocycles. The van der Waals surface area contributed by atoms with Gasteiger partial charge in [-0.15, -0.1) is 0 Å². The van der Waals surface area contributed by atoms with Crippen molar-refractivity contribution in [1.82, 2.24) is 15.3 Å². The van der Waals surface area contributed by atoms with Gasteiger partial charge in [-0.05, 0) is 48.3 Å². The van der Waals surface area contributed by atoms with E-state index in [2.05, 4.69) is 15.3 Å². The Morgan fingerprint density at radius 2 is 2.04 bits per heavy atom. The zero-order chi connectivity index (χ0) is 18.5. The topological polar surface area (TPSA) is 57.8 Å². The number of aromatic nitrogens is 2. The molecule has 0 aliphatic carbocycles. The van der Waals surface area contributed by atoms with Crippen molar-refractivity contribution in [3.63, 3.8) is 0 Å². The predicted octanol–water partition coefficient (Wildman–Crippen LogP) is 5.02. The number of rotatable bonds is 7. The molecule has 1 atom stereocenters. The molecule has 136 valence electrons. The summed E-state index contributed by atoms with van der Waals surface area (Å²) in [6.07, 6.45) is 3.09. The molecule has 26 heavy (non-hydrogen) atoms. The van der Waals surface area contributed by atoms with E-state index in [9.17, 15) is 4.79 Å². The van der Waals surface area contributed by atoms with Gasteiger partial charge in [0.2, 0.25) is 5.91 Å². The van der Waals surface area contributed by atoms with Crippen LogP contribution in [0.15, 0.2) is 42.5 Å². The Kier molecular flexibility index (Phi) is 6.46. The number of halogens is 2. The highest BCUT2D eigenvalue weighted by atomic mass is 35.5. The first-order valence-corrected chi connectivity index (χ1v) is 10.4. The largest absolute Gasteiger partial charge is 0.346 e. The normalized spacial score (nSPS) is 12.3. The standard InChI is InChI=1S/C19H19Cl2N3OS/c1-26-9-8-17(19-23-15-4-2-3-5-16(15)24-19)22-18(25)11-12-6-7-13(20)14(21)10-12/h2-7,10,17H,8-9,11H2,1H3,(H,22,25)(H,23,24). The van der Waals surface area contributed by atoms with Crippen LogP contribution in [0.3, 0.4) is 0 Å². The molecule has 0 fully saturated rings. The summed E-state index contributed by atoms with van der Waals surface area (Å²) in [5.74, 6) is 1.63. The lowest BCUT2D eigenvalue weighted by Crippen LogP contribution is -2.31. The maximum atomic E-state index is 12.5. The molecule has 2 N–H and O–H groups in total. The minimum atomic E-state index is -0.162. The van der Waals surface area contributed by atoms with Crippen LogP contribution in [0.4, 0.5) is 0 Å². The van der Waals surface area contributed by atoms with Crippen molar-refractivity contribution in [3.05, 3.63) is 63.9 Å². The van der Waals surface area contributed by atoms with Crippen LogP contribution in [-0.4, -0.2) is 27.9 Å². The molecule has 3 aromatic rings. The Labute approximate surface area is 166 Å². The Morgan fingerprint density at radius 3 is 2.77 bits per heavy atom. The summed E-state index contributed by atoms with van der Waals surface area (Å²) in [4.78, 5) is 20.5. The van der Waals surface area contributed by atoms with Gasteiger partial charge in [-0.3, -0.25) is 4.79 Å². The van der Waals surface area contributed by atoms with Crippen LogP contribution in [0.1, 0.15) is 23.9 Å². The number of carbonyl (C=O) groups is 1. The van der Waals surface area contributed by atoms with Gasteiger partial charge in [0.1, 0.15) is 5.82 Å². The second-order valence-electron chi connectivity index (χ2n) is 5.97. The fraction of sp³-hybridized carbons (Fsp3) is 0.263. The first-order chi connectivity index (χ1) is 12.6. The molecule has 1 heterocycles. The van der Waals surface area contributed by atoms with Crippen molar-refractivity contribution in [2.75, 3.05) is 12.0 Å². The molecule has 0 aliphatic heterocycles. The third kappa shape index (κ3) is 4.72. The van der Waals surface area contributed by atoms with Crippen molar-refractivity contribution >= 4 is 51.9 Å². The fourth-order valence-corrected chi connectivity index (χ4v) is 3.52. The molecule has 0 spiro atoms. The summed E-state index contributed by atoms with van der Waals surface area (Å²) >= 11 is 13.7. The SMILES string of the molecule is CSCCC(NC(=O)Cc1ccc(Cl)c(Cl)c1)c1nc2ccccc2[nH]1. The van der Waals surface area contributed by atoms with Crippen LogP contribution < -0.4 is 5.32 Å². The number of thioether (sulfide) groups is 1. The molecule has 2 aromatic carbocycles. The molecule has 0 radical (unpaired) electrons. The third-order valence-corrected chi connectivity index (χ3v) is 5.42. The van der Waals surface area contributed by atoms with Crippen LogP contribution in [0.5, 0.6) is 0 Å². The van der Waals surface area contributed by atoms with Gasteiger partial charge in [0.25, 0.3) is 0 Å². The smallest absolute Gasteiger partial charge is 0.225 e. The summed E-state index contributed by atoms with van der Waals surface area (Å²) in [5.41, 5.74) is 2.69. The van der Waals surface area contributed by atoms with Gasteiger partial charge in [-0.1, -0.05) is 41.4 Å². The highest BCUT2D eigenvalue weighted by molar-refractivity contribution is 7.98. The summed E-state index contributed by atoms with van der Waals surface area (Å²) in [5, 5.41) is 4.02. The van der Waals surface area contributed by atoms with Gasteiger partial charge in [-0.25, -0.2) is 4.98 Å². The second kappa shape index (κ2) is 8.80. The van der Waals surface area contributed by atoms with Gasteiger partial charge in [0.15, 0.2) is 0 Å². The number of nitrogens with zero attached hydrogens (tertiary/aromatic N) is 1. The Bertz CT molecular complexity index is 880. The molecule has 0 saturated heterocycles. The van der Waals surface area contributed by atoms with Gasteiger partial charge < -0.3 is 10.3 Å². The van der Waals surface area contributed by atoms with E-state index in [1.54, 1.807) is 23.9 Å². The van der Waals surface area contributed by atoms with Crippen LogP contribution in [0.25, 0.3) is 11.0 Å². The van der Waals surface area contributed by atoms with Crippen molar-refractivity contribution < 1.29 is 4.79 Å². The highest BCUT2D eigenvalue weighted by Gasteiger charge is 2.18. The van der Waals surface area contributed by atoms with Gasteiger partial charge in [0.05, 0.1) is 33.5 Å². The van der Waals surface area contributed by atoms with Crippen molar-refractivity contribution in [1.29, 1.82) is 0 Å². The fourth-order valence-electron chi connectivity index (χ4n) is 2.73. The number of para-hydroxylation sites is 2. The number of imidazole rings is 1.